The van der Waals surface area contributed by atoms with Crippen molar-refractivity contribution < 1.29 is 0 Å². The third kappa shape index (κ3) is 1.79. The Morgan fingerprint density at radius 1 is 1.09 bits per heavy atom. The predicted octanol–water partition coefficient (Wildman–Crippen LogP) is 0.762. The molecule has 10 nitrogen and oxygen atoms in total. The van der Waals surface area contributed by atoms with E-state index in [1.54, 1.807) is 0 Å². The second-order valence-corrected chi connectivity index (χ2v) is 5.07. The summed E-state index contributed by atoms with van der Waals surface area (Å²) in [6.45, 7) is 0. The van der Waals surface area contributed by atoms with E-state index in [1.807, 2.05) is 0 Å². The van der Waals surface area contributed by atoms with Crippen molar-refractivity contribution in [3.05, 3.63) is 16.1 Å². The molecule has 0 spiro atoms. The van der Waals surface area contributed by atoms with E-state index in [-0.39, 0.29) is 17.0 Å². The van der Waals surface area contributed by atoms with Gasteiger partial charge in [-0.3, -0.25) is 4.57 Å². The van der Waals surface area contributed by atoms with Crippen molar-refractivity contribution >= 4 is 58.0 Å². The second kappa shape index (κ2) is 4.35. The number of hydrogen-bond donors (Lipinski definition) is 4. The van der Waals surface area contributed by atoms with E-state index in [2.05, 4.69) is 41.2 Å². The van der Waals surface area contributed by atoms with Crippen molar-refractivity contribution in [3.8, 4) is 5.95 Å². The first-order valence-electron chi connectivity index (χ1n) is 5.88. The minimum absolute atomic E-state index is 0.0294. The standard InChI is InChI=1S/C10H6ClN10S/c11-4-2-5(17-8(12)16-4)19-10(15-2)21-1-14-6-3(21)7(22)20-9(13)18-6/h(H3,13,18,20,22)(H3,12,15,16,17,19). The molecule has 4 aromatic heterocycles. The second-order valence-electron chi connectivity index (χ2n) is 4.30. The van der Waals surface area contributed by atoms with Crippen molar-refractivity contribution in [2.75, 3.05) is 11.5 Å². The van der Waals surface area contributed by atoms with Gasteiger partial charge in [0.15, 0.2) is 22.8 Å². The normalized spacial score (nSPS) is 11.5. The fourth-order valence-corrected chi connectivity index (χ4v) is 2.53. The maximum atomic E-state index is 6.01. The van der Waals surface area contributed by atoms with Crippen LogP contribution in [-0.2, 0) is 0 Å². The van der Waals surface area contributed by atoms with E-state index in [0.717, 1.165) is 0 Å². The molecule has 0 saturated heterocycles. The number of halogens is 1. The highest BCUT2D eigenvalue weighted by Gasteiger charge is 2.15. The molecule has 0 unspecified atom stereocenters. The number of aromatic nitrogens is 8. The van der Waals surface area contributed by atoms with Crippen LogP contribution in [0.2, 0.25) is 5.15 Å². The number of H-pyrrole nitrogens is 2. The fraction of sp³-hybridized carbons (Fsp3) is 0. The lowest BCUT2D eigenvalue weighted by Gasteiger charge is -1.99. The van der Waals surface area contributed by atoms with E-state index >= 15 is 0 Å². The Bertz CT molecular complexity index is 1090. The summed E-state index contributed by atoms with van der Waals surface area (Å²) >= 11 is 11.3. The lowest BCUT2D eigenvalue weighted by Crippen LogP contribution is -1.99. The Hall–Kier alpha value is -2.79. The van der Waals surface area contributed by atoms with Crippen LogP contribution in [0.4, 0.5) is 11.9 Å². The molecular weight excluding hydrogens is 328 g/mol. The zero-order valence-electron chi connectivity index (χ0n) is 10.6. The largest absolute Gasteiger partial charge is 0.369 e. The van der Waals surface area contributed by atoms with Gasteiger partial charge in [-0.05, 0) is 0 Å². The molecule has 0 saturated carbocycles. The zero-order chi connectivity index (χ0) is 15.4. The minimum Gasteiger partial charge on any atom is -0.369 e. The molecule has 0 fully saturated rings. The van der Waals surface area contributed by atoms with Crippen LogP contribution in [0.25, 0.3) is 28.3 Å². The van der Waals surface area contributed by atoms with Crippen molar-refractivity contribution in [1.82, 2.24) is 39.5 Å². The molecule has 6 N–H and O–H groups in total. The lowest BCUT2D eigenvalue weighted by atomic mass is 10.5. The van der Waals surface area contributed by atoms with Gasteiger partial charge in [-0.25, -0.2) is 4.98 Å². The van der Waals surface area contributed by atoms with Gasteiger partial charge in [0.2, 0.25) is 17.8 Å². The van der Waals surface area contributed by atoms with E-state index in [1.165, 1.54) is 4.57 Å². The third-order valence-corrected chi connectivity index (χ3v) is 3.47. The number of nitrogens with one attached hydrogen (secondary N) is 2. The van der Waals surface area contributed by atoms with Gasteiger partial charge in [0, 0.05) is 0 Å². The molecule has 1 radical (unpaired) electrons. The van der Waals surface area contributed by atoms with Crippen LogP contribution in [0, 0.1) is 11.0 Å². The molecule has 0 amide bonds. The summed E-state index contributed by atoms with van der Waals surface area (Å²) < 4.78 is 1.85. The van der Waals surface area contributed by atoms with E-state index in [9.17, 15) is 0 Å². The van der Waals surface area contributed by atoms with Gasteiger partial charge in [0.05, 0.1) is 0 Å². The lowest BCUT2D eigenvalue weighted by molar-refractivity contribution is 0.979. The number of rotatable bonds is 1. The van der Waals surface area contributed by atoms with Gasteiger partial charge in [0.25, 0.3) is 0 Å². The summed E-state index contributed by atoms with van der Waals surface area (Å²) in [7, 11) is 0. The average Bonchev–Trinajstić information content (AvgIpc) is 3.01. The molecule has 0 aromatic carbocycles. The molecule has 4 heterocycles. The van der Waals surface area contributed by atoms with Crippen LogP contribution < -0.4 is 11.5 Å². The number of imidazole rings is 2. The maximum absolute atomic E-state index is 6.01. The number of fused-ring (bicyclic) bond motifs is 2. The molecule has 0 aliphatic heterocycles. The third-order valence-electron chi connectivity index (χ3n) is 2.90. The van der Waals surface area contributed by atoms with Crippen molar-refractivity contribution in [1.29, 1.82) is 0 Å². The van der Waals surface area contributed by atoms with E-state index in [4.69, 9.17) is 35.3 Å². The Labute approximate surface area is 131 Å². The molecule has 0 bridgehead atoms. The Morgan fingerprint density at radius 2 is 1.91 bits per heavy atom. The number of aromatic amines is 2. The average molecular weight is 334 g/mol. The molecule has 22 heavy (non-hydrogen) atoms. The minimum atomic E-state index is 0.0294. The Morgan fingerprint density at radius 3 is 2.73 bits per heavy atom. The molecule has 0 aliphatic rings. The summed E-state index contributed by atoms with van der Waals surface area (Å²) in [6.07, 6.45) is 2.74. The van der Waals surface area contributed by atoms with E-state index < -0.39 is 0 Å². The van der Waals surface area contributed by atoms with Crippen LogP contribution in [0.3, 0.4) is 0 Å². The fourth-order valence-electron chi connectivity index (χ4n) is 2.02. The van der Waals surface area contributed by atoms with Gasteiger partial charge < -0.3 is 21.4 Å². The van der Waals surface area contributed by atoms with Crippen LogP contribution in [-0.4, -0.2) is 39.5 Å². The quantitative estimate of drug-likeness (QED) is 0.294. The number of anilines is 2. The number of hydrogen-bond acceptors (Lipinski definition) is 8. The predicted molar refractivity (Wildman–Crippen MR) is 82.0 cm³/mol. The molecule has 4 aromatic rings. The Balaban J connectivity index is 2.03. The highest BCUT2D eigenvalue weighted by Crippen LogP contribution is 2.22. The number of nitrogens with two attached hydrogens (primary N) is 2. The summed E-state index contributed by atoms with van der Waals surface area (Å²) in [5, 5.41) is 0.165. The SMILES string of the molecule is Nc1nc(Cl)c2[nH]c(-n3[c]nc4nc(N)[nH]c(=S)c43)nc2n1. The first-order chi connectivity index (χ1) is 10.5. The first-order valence-corrected chi connectivity index (χ1v) is 6.66. The highest BCUT2D eigenvalue weighted by atomic mass is 35.5. The monoisotopic (exact) mass is 333 g/mol. The maximum Gasteiger partial charge on any atom is 0.223 e. The summed E-state index contributed by atoms with van der Waals surface area (Å²) in [4.78, 5) is 26.0. The molecule has 12 heteroatoms. The van der Waals surface area contributed by atoms with Crippen LogP contribution >= 0.6 is 23.8 Å². The topological polar surface area (TPSA) is 153 Å². The Kier molecular flexibility index (Phi) is 2.55. The van der Waals surface area contributed by atoms with Crippen LogP contribution in [0.1, 0.15) is 0 Å². The van der Waals surface area contributed by atoms with Gasteiger partial charge in [-0.1, -0.05) is 23.8 Å². The van der Waals surface area contributed by atoms with Gasteiger partial charge >= 0.3 is 0 Å². The van der Waals surface area contributed by atoms with Crippen LogP contribution in [0.15, 0.2) is 0 Å². The molecule has 0 aliphatic carbocycles. The molecule has 109 valence electrons. The van der Waals surface area contributed by atoms with Gasteiger partial charge in [-0.2, -0.15) is 19.9 Å². The zero-order valence-corrected chi connectivity index (χ0v) is 12.2. The van der Waals surface area contributed by atoms with Gasteiger partial charge in [0.1, 0.15) is 15.7 Å². The van der Waals surface area contributed by atoms with E-state index in [0.29, 0.717) is 32.9 Å². The number of nitrogen functional groups attached to an aromatic ring is 2. The smallest absolute Gasteiger partial charge is 0.223 e. The molecule has 0 atom stereocenters. The summed E-state index contributed by atoms with van der Waals surface area (Å²) in [5.74, 6) is 0.551. The van der Waals surface area contributed by atoms with Crippen molar-refractivity contribution in [2.24, 2.45) is 0 Å². The summed E-state index contributed by atoms with van der Waals surface area (Å²) in [5.41, 5.74) is 12.8. The highest BCUT2D eigenvalue weighted by molar-refractivity contribution is 7.71. The molecular formula is C10H6ClN10S. The summed E-state index contributed by atoms with van der Waals surface area (Å²) in [6, 6.07) is 0. The number of nitrogens with zero attached hydrogens (tertiary/aromatic N) is 6. The van der Waals surface area contributed by atoms with Crippen LogP contribution in [0.5, 0.6) is 0 Å². The first kappa shape index (κ1) is 12.9. The van der Waals surface area contributed by atoms with Gasteiger partial charge in [-0.15, -0.1) is 0 Å². The van der Waals surface area contributed by atoms with Crippen molar-refractivity contribution in [3.63, 3.8) is 0 Å². The molecule has 4 rings (SSSR count). The van der Waals surface area contributed by atoms with Crippen molar-refractivity contribution in [2.45, 2.75) is 0 Å².